The second-order valence-corrected chi connectivity index (χ2v) is 6.65. The molecule has 2 aliphatic rings. The van der Waals surface area contributed by atoms with Gasteiger partial charge in [-0.3, -0.25) is 4.79 Å². The van der Waals surface area contributed by atoms with Crippen LogP contribution in [0, 0.1) is 5.92 Å². The molecule has 4 nitrogen and oxygen atoms in total. The molecule has 1 aromatic rings. The summed E-state index contributed by atoms with van der Waals surface area (Å²) in [7, 11) is 2.06. The topological polar surface area (TPSA) is 44.4 Å². The molecule has 1 amide bonds. The molecule has 0 radical (unpaired) electrons. The summed E-state index contributed by atoms with van der Waals surface area (Å²) in [6, 6.07) is 10.9. The largest absolute Gasteiger partial charge is 0.373 e. The Morgan fingerprint density at radius 2 is 1.92 bits per heavy atom. The zero-order valence-corrected chi connectivity index (χ0v) is 15.9. The lowest BCUT2D eigenvalue weighted by Gasteiger charge is -2.24. The fourth-order valence-corrected chi connectivity index (χ4v) is 3.80. The zero-order chi connectivity index (χ0) is 15.4. The van der Waals surface area contributed by atoms with Crippen LogP contribution in [0.5, 0.6) is 0 Å². The number of nitrogens with one attached hydrogen (secondary N) is 2. The quantitative estimate of drug-likeness (QED) is 0.833. The first-order valence-electron chi connectivity index (χ1n) is 8.54. The highest BCUT2D eigenvalue weighted by Crippen LogP contribution is 2.33. The first-order valence-corrected chi connectivity index (χ1v) is 8.54. The van der Waals surface area contributed by atoms with E-state index in [0.717, 1.165) is 18.9 Å². The van der Waals surface area contributed by atoms with E-state index < -0.39 is 0 Å². The fourth-order valence-electron chi connectivity index (χ4n) is 3.80. The van der Waals surface area contributed by atoms with E-state index in [1.807, 2.05) is 18.2 Å². The predicted octanol–water partition coefficient (Wildman–Crippen LogP) is 3.00. The number of carbonyl (C=O) groups excluding carboxylic acids is 1. The van der Waals surface area contributed by atoms with Gasteiger partial charge < -0.3 is 15.5 Å². The molecule has 1 saturated carbocycles. The van der Waals surface area contributed by atoms with Crippen LogP contribution in [0.25, 0.3) is 0 Å². The number of fused-ring (bicyclic) bond motifs is 1. The minimum Gasteiger partial charge on any atom is -0.373 e. The van der Waals surface area contributed by atoms with Crippen molar-refractivity contribution in [2.45, 2.75) is 44.2 Å². The van der Waals surface area contributed by atoms with Gasteiger partial charge in [0, 0.05) is 31.9 Å². The van der Waals surface area contributed by atoms with Crippen LogP contribution in [0.2, 0.25) is 0 Å². The summed E-state index contributed by atoms with van der Waals surface area (Å²) in [4.78, 5) is 14.5. The van der Waals surface area contributed by atoms with Gasteiger partial charge in [-0.15, -0.1) is 24.8 Å². The van der Waals surface area contributed by atoms with Crippen LogP contribution >= 0.6 is 24.8 Å². The Hall–Kier alpha value is -0.970. The van der Waals surface area contributed by atoms with E-state index in [-0.39, 0.29) is 36.8 Å². The average Bonchev–Trinajstić information content (AvgIpc) is 2.99. The summed E-state index contributed by atoms with van der Waals surface area (Å²) in [5, 5.41) is 6.63. The van der Waals surface area contributed by atoms with Crippen molar-refractivity contribution < 1.29 is 4.79 Å². The minimum absolute atomic E-state index is 0. The Morgan fingerprint density at radius 1 is 1.21 bits per heavy atom. The number of likely N-dealkylation sites (N-methyl/N-ethyl adjacent to an activating group) is 1. The lowest BCUT2D eigenvalue weighted by molar-refractivity contribution is -0.122. The lowest BCUT2D eigenvalue weighted by Crippen LogP contribution is -2.45. The molecule has 3 rings (SSSR count). The fraction of sp³-hybridized carbons (Fsp3) is 0.611. The van der Waals surface area contributed by atoms with E-state index in [9.17, 15) is 4.79 Å². The molecule has 0 bridgehead atoms. The third-order valence-electron chi connectivity index (χ3n) is 5.12. The van der Waals surface area contributed by atoms with Gasteiger partial charge in [-0.05, 0) is 37.3 Å². The van der Waals surface area contributed by atoms with Crippen molar-refractivity contribution in [1.29, 1.82) is 0 Å². The SMILES string of the molecule is CN(CCNC(=O)C1CC2CCCCC2N1)c1ccccc1.Cl.Cl. The van der Waals surface area contributed by atoms with E-state index in [0.29, 0.717) is 12.6 Å². The molecule has 0 spiro atoms. The van der Waals surface area contributed by atoms with Gasteiger partial charge in [-0.25, -0.2) is 0 Å². The van der Waals surface area contributed by atoms with Crippen molar-refractivity contribution in [2.75, 3.05) is 25.0 Å². The maximum Gasteiger partial charge on any atom is 0.237 e. The minimum atomic E-state index is 0. The molecule has 0 aromatic heterocycles. The second-order valence-electron chi connectivity index (χ2n) is 6.65. The Kier molecular flexibility index (Phi) is 8.88. The molecular weight excluding hydrogens is 345 g/mol. The van der Waals surface area contributed by atoms with Crippen molar-refractivity contribution in [2.24, 2.45) is 5.92 Å². The number of rotatable bonds is 5. The van der Waals surface area contributed by atoms with Gasteiger partial charge in [0.2, 0.25) is 5.91 Å². The van der Waals surface area contributed by atoms with Crippen LogP contribution in [-0.4, -0.2) is 38.1 Å². The maximum absolute atomic E-state index is 12.3. The Labute approximate surface area is 157 Å². The second kappa shape index (κ2) is 10.1. The summed E-state index contributed by atoms with van der Waals surface area (Å²) >= 11 is 0. The molecule has 24 heavy (non-hydrogen) atoms. The molecule has 2 fully saturated rings. The molecule has 1 aliphatic carbocycles. The van der Waals surface area contributed by atoms with E-state index in [2.05, 4.69) is 34.7 Å². The molecule has 6 heteroatoms. The summed E-state index contributed by atoms with van der Waals surface area (Å²) in [6.07, 6.45) is 6.19. The molecule has 3 unspecified atom stereocenters. The highest BCUT2D eigenvalue weighted by Gasteiger charge is 2.37. The van der Waals surface area contributed by atoms with Gasteiger partial charge >= 0.3 is 0 Å². The Morgan fingerprint density at radius 3 is 2.62 bits per heavy atom. The number of nitrogens with zero attached hydrogens (tertiary/aromatic N) is 1. The normalized spacial score (nSPS) is 25.0. The first-order chi connectivity index (χ1) is 10.7. The van der Waals surface area contributed by atoms with E-state index in [4.69, 9.17) is 0 Å². The number of amides is 1. The van der Waals surface area contributed by atoms with Crippen LogP contribution < -0.4 is 15.5 Å². The smallest absolute Gasteiger partial charge is 0.237 e. The average molecular weight is 374 g/mol. The highest BCUT2D eigenvalue weighted by molar-refractivity contribution is 5.85. The number of para-hydroxylation sites is 1. The summed E-state index contributed by atoms with van der Waals surface area (Å²) in [6.45, 7) is 1.52. The molecule has 1 heterocycles. The van der Waals surface area contributed by atoms with Gasteiger partial charge in [0.1, 0.15) is 0 Å². The van der Waals surface area contributed by atoms with Gasteiger partial charge in [0.25, 0.3) is 0 Å². The predicted molar refractivity (Wildman–Crippen MR) is 105 cm³/mol. The van der Waals surface area contributed by atoms with Gasteiger partial charge in [0.05, 0.1) is 6.04 Å². The monoisotopic (exact) mass is 373 g/mol. The van der Waals surface area contributed by atoms with Crippen molar-refractivity contribution in [3.05, 3.63) is 30.3 Å². The highest BCUT2D eigenvalue weighted by atomic mass is 35.5. The van der Waals surface area contributed by atoms with Crippen LogP contribution in [0.1, 0.15) is 32.1 Å². The molecule has 1 saturated heterocycles. The van der Waals surface area contributed by atoms with Crippen LogP contribution in [-0.2, 0) is 4.79 Å². The lowest BCUT2D eigenvalue weighted by atomic mass is 9.85. The van der Waals surface area contributed by atoms with E-state index >= 15 is 0 Å². The molecule has 1 aromatic carbocycles. The van der Waals surface area contributed by atoms with Crippen molar-refractivity contribution in [3.63, 3.8) is 0 Å². The number of benzene rings is 1. The van der Waals surface area contributed by atoms with Crippen LogP contribution in [0.4, 0.5) is 5.69 Å². The number of carbonyl (C=O) groups is 1. The van der Waals surface area contributed by atoms with Gasteiger partial charge in [0.15, 0.2) is 0 Å². The third-order valence-corrected chi connectivity index (χ3v) is 5.12. The standard InChI is InChI=1S/C18H27N3O.2ClH/c1-21(15-8-3-2-4-9-15)12-11-19-18(22)17-13-14-7-5-6-10-16(14)20-17;;/h2-4,8-9,14,16-17,20H,5-7,10-13H2,1H3,(H,19,22);2*1H. The number of anilines is 1. The van der Waals surface area contributed by atoms with Crippen LogP contribution in [0.3, 0.4) is 0 Å². The summed E-state index contributed by atoms with van der Waals surface area (Å²) in [5.41, 5.74) is 1.18. The maximum atomic E-state index is 12.3. The number of halogens is 2. The molecule has 136 valence electrons. The number of hydrogen-bond acceptors (Lipinski definition) is 3. The van der Waals surface area contributed by atoms with E-state index in [1.165, 1.54) is 31.4 Å². The molecule has 3 atom stereocenters. The zero-order valence-electron chi connectivity index (χ0n) is 14.2. The van der Waals surface area contributed by atoms with Crippen LogP contribution in [0.15, 0.2) is 30.3 Å². The molecule has 2 N–H and O–H groups in total. The molecule has 1 aliphatic heterocycles. The van der Waals surface area contributed by atoms with Crippen molar-refractivity contribution in [1.82, 2.24) is 10.6 Å². The first kappa shape index (κ1) is 21.1. The Balaban J connectivity index is 0.00000144. The van der Waals surface area contributed by atoms with Gasteiger partial charge in [-0.2, -0.15) is 0 Å². The summed E-state index contributed by atoms with van der Waals surface area (Å²) in [5.74, 6) is 0.896. The van der Waals surface area contributed by atoms with Crippen molar-refractivity contribution >= 4 is 36.4 Å². The third kappa shape index (κ3) is 5.27. The number of hydrogen-bond donors (Lipinski definition) is 2. The van der Waals surface area contributed by atoms with E-state index in [1.54, 1.807) is 0 Å². The van der Waals surface area contributed by atoms with Gasteiger partial charge in [-0.1, -0.05) is 31.0 Å². The molecular formula is C18H29Cl2N3O. The van der Waals surface area contributed by atoms with Crippen molar-refractivity contribution in [3.8, 4) is 0 Å². The summed E-state index contributed by atoms with van der Waals surface area (Å²) < 4.78 is 0. The Bertz CT molecular complexity index is 486.